The van der Waals surface area contributed by atoms with Gasteiger partial charge in [0, 0.05) is 25.7 Å². The van der Waals surface area contributed by atoms with E-state index in [1.165, 1.54) is 12.8 Å². The van der Waals surface area contributed by atoms with E-state index < -0.39 is 0 Å². The third-order valence-corrected chi connectivity index (χ3v) is 5.21. The molecule has 3 aliphatic rings. The number of likely N-dealkylation sites (tertiary alicyclic amines) is 2. The Morgan fingerprint density at radius 2 is 2.00 bits per heavy atom. The van der Waals surface area contributed by atoms with Gasteiger partial charge in [0.25, 0.3) is 0 Å². The molecule has 3 rings (SSSR count). The molecule has 2 aliphatic heterocycles. The standard InChI is InChI=1S/C14H25N3O/c1-16-6-5-11(7-16)14(18)17-8-10-3-2-4-13(15)12(10)9-17/h10-13H,2-9,15H2,1H3. The van der Waals surface area contributed by atoms with Crippen molar-refractivity contribution in [3.05, 3.63) is 0 Å². The number of carbonyl (C=O) groups excluding carboxylic acids is 1. The Kier molecular flexibility index (Phi) is 3.32. The second-order valence-electron chi connectivity index (χ2n) is 6.51. The summed E-state index contributed by atoms with van der Waals surface area (Å²) in [6.07, 6.45) is 4.70. The number of nitrogens with zero attached hydrogens (tertiary/aromatic N) is 2. The van der Waals surface area contributed by atoms with E-state index in [0.717, 1.165) is 39.0 Å². The Balaban J connectivity index is 1.62. The summed E-state index contributed by atoms with van der Waals surface area (Å²) in [5, 5.41) is 0. The Hall–Kier alpha value is -0.610. The van der Waals surface area contributed by atoms with E-state index in [0.29, 0.717) is 23.8 Å². The molecule has 3 fully saturated rings. The minimum atomic E-state index is 0.242. The van der Waals surface area contributed by atoms with E-state index in [4.69, 9.17) is 5.73 Å². The SMILES string of the molecule is CN1CCC(C(=O)N2CC3CCCC(N)C3C2)C1. The van der Waals surface area contributed by atoms with Crippen molar-refractivity contribution in [3.63, 3.8) is 0 Å². The maximum Gasteiger partial charge on any atom is 0.227 e. The fourth-order valence-corrected chi connectivity index (χ4v) is 4.09. The topological polar surface area (TPSA) is 49.6 Å². The quantitative estimate of drug-likeness (QED) is 0.739. The van der Waals surface area contributed by atoms with Crippen LogP contribution in [0.3, 0.4) is 0 Å². The molecule has 2 N–H and O–H groups in total. The first-order chi connectivity index (χ1) is 8.65. The average molecular weight is 251 g/mol. The van der Waals surface area contributed by atoms with Crippen molar-refractivity contribution < 1.29 is 4.79 Å². The molecule has 2 heterocycles. The van der Waals surface area contributed by atoms with Crippen LogP contribution < -0.4 is 5.73 Å². The normalized spacial score (nSPS) is 41.1. The van der Waals surface area contributed by atoms with Gasteiger partial charge in [-0.05, 0) is 44.7 Å². The first-order valence-corrected chi connectivity index (χ1v) is 7.38. The van der Waals surface area contributed by atoms with Crippen LogP contribution in [0.25, 0.3) is 0 Å². The molecular weight excluding hydrogens is 226 g/mol. The van der Waals surface area contributed by atoms with Crippen molar-refractivity contribution in [1.29, 1.82) is 0 Å². The highest BCUT2D eigenvalue weighted by Crippen LogP contribution is 2.36. The van der Waals surface area contributed by atoms with Crippen molar-refractivity contribution in [2.24, 2.45) is 23.5 Å². The summed E-state index contributed by atoms with van der Waals surface area (Å²) in [7, 11) is 2.10. The van der Waals surface area contributed by atoms with Gasteiger partial charge in [-0.3, -0.25) is 4.79 Å². The van der Waals surface area contributed by atoms with Crippen LogP contribution in [0.4, 0.5) is 0 Å². The molecule has 18 heavy (non-hydrogen) atoms. The van der Waals surface area contributed by atoms with Crippen LogP contribution in [0.1, 0.15) is 25.7 Å². The predicted molar refractivity (Wildman–Crippen MR) is 71.0 cm³/mol. The summed E-state index contributed by atoms with van der Waals surface area (Å²) in [6.45, 7) is 3.90. The molecule has 0 radical (unpaired) electrons. The Morgan fingerprint density at radius 1 is 1.17 bits per heavy atom. The van der Waals surface area contributed by atoms with Crippen LogP contribution in [-0.2, 0) is 4.79 Å². The number of rotatable bonds is 1. The summed E-state index contributed by atoms with van der Waals surface area (Å²) >= 11 is 0. The smallest absolute Gasteiger partial charge is 0.227 e. The van der Waals surface area contributed by atoms with Gasteiger partial charge >= 0.3 is 0 Å². The van der Waals surface area contributed by atoms with Crippen LogP contribution in [0.5, 0.6) is 0 Å². The lowest BCUT2D eigenvalue weighted by molar-refractivity contribution is -0.134. The van der Waals surface area contributed by atoms with E-state index in [1.54, 1.807) is 0 Å². The van der Waals surface area contributed by atoms with Crippen LogP contribution in [-0.4, -0.2) is 55.0 Å². The molecule has 1 saturated carbocycles. The largest absolute Gasteiger partial charge is 0.342 e. The molecule has 4 unspecified atom stereocenters. The van der Waals surface area contributed by atoms with Crippen LogP contribution in [0.2, 0.25) is 0 Å². The first-order valence-electron chi connectivity index (χ1n) is 7.38. The Bertz CT molecular complexity index is 333. The molecule has 0 bridgehead atoms. The van der Waals surface area contributed by atoms with Crippen LogP contribution in [0, 0.1) is 17.8 Å². The zero-order valence-electron chi connectivity index (χ0n) is 11.3. The van der Waals surface area contributed by atoms with E-state index in [1.807, 2.05) is 0 Å². The number of fused-ring (bicyclic) bond motifs is 1. The maximum atomic E-state index is 12.5. The van der Waals surface area contributed by atoms with Gasteiger partial charge in [0.05, 0.1) is 5.92 Å². The average Bonchev–Trinajstić information content (AvgIpc) is 2.95. The van der Waals surface area contributed by atoms with Gasteiger partial charge in [-0.15, -0.1) is 0 Å². The lowest BCUT2D eigenvalue weighted by atomic mass is 9.78. The predicted octanol–water partition coefficient (Wildman–Crippen LogP) is 0.524. The highest BCUT2D eigenvalue weighted by Gasteiger charge is 2.42. The van der Waals surface area contributed by atoms with Gasteiger partial charge in [0.15, 0.2) is 0 Å². The van der Waals surface area contributed by atoms with Gasteiger partial charge in [-0.25, -0.2) is 0 Å². The molecule has 0 aromatic rings. The first kappa shape index (κ1) is 12.4. The third kappa shape index (κ3) is 2.16. The van der Waals surface area contributed by atoms with Crippen molar-refractivity contribution in [2.75, 3.05) is 33.2 Å². The minimum Gasteiger partial charge on any atom is -0.342 e. The molecule has 1 amide bonds. The fourth-order valence-electron chi connectivity index (χ4n) is 4.09. The molecule has 4 nitrogen and oxygen atoms in total. The summed E-state index contributed by atoms with van der Waals surface area (Å²) in [6, 6.07) is 0.327. The number of hydrogen-bond acceptors (Lipinski definition) is 3. The minimum absolute atomic E-state index is 0.242. The van der Waals surface area contributed by atoms with Crippen molar-refractivity contribution in [2.45, 2.75) is 31.7 Å². The molecule has 0 aromatic carbocycles. The second kappa shape index (κ2) is 4.82. The lowest BCUT2D eigenvalue weighted by Gasteiger charge is -2.29. The van der Waals surface area contributed by atoms with E-state index in [2.05, 4.69) is 16.8 Å². The highest BCUT2D eigenvalue weighted by molar-refractivity contribution is 5.79. The molecule has 0 aromatic heterocycles. The van der Waals surface area contributed by atoms with Crippen molar-refractivity contribution >= 4 is 5.91 Å². The number of hydrogen-bond donors (Lipinski definition) is 1. The van der Waals surface area contributed by atoms with Gasteiger partial charge in [-0.2, -0.15) is 0 Å². The summed E-state index contributed by atoms with van der Waals surface area (Å²) in [5.74, 6) is 1.88. The number of carbonyl (C=O) groups is 1. The Morgan fingerprint density at radius 3 is 2.67 bits per heavy atom. The third-order valence-electron chi connectivity index (χ3n) is 5.21. The van der Waals surface area contributed by atoms with Gasteiger partial charge in [0.2, 0.25) is 5.91 Å². The summed E-state index contributed by atoms with van der Waals surface area (Å²) < 4.78 is 0. The zero-order chi connectivity index (χ0) is 12.7. The molecule has 4 atom stereocenters. The molecule has 1 aliphatic carbocycles. The number of amides is 1. The van der Waals surface area contributed by atoms with Gasteiger partial charge in [-0.1, -0.05) is 6.42 Å². The molecule has 0 spiro atoms. The molecule has 102 valence electrons. The number of nitrogens with two attached hydrogens (primary N) is 1. The molecular formula is C14H25N3O. The van der Waals surface area contributed by atoms with E-state index in [-0.39, 0.29) is 5.92 Å². The highest BCUT2D eigenvalue weighted by atomic mass is 16.2. The zero-order valence-corrected chi connectivity index (χ0v) is 11.3. The Labute approximate surface area is 109 Å². The van der Waals surface area contributed by atoms with E-state index in [9.17, 15) is 4.79 Å². The van der Waals surface area contributed by atoms with Gasteiger partial charge < -0.3 is 15.5 Å². The van der Waals surface area contributed by atoms with Crippen LogP contribution in [0.15, 0.2) is 0 Å². The van der Waals surface area contributed by atoms with Crippen LogP contribution >= 0.6 is 0 Å². The molecule has 4 heteroatoms. The lowest BCUT2D eigenvalue weighted by Crippen LogP contribution is -2.39. The van der Waals surface area contributed by atoms with Crippen molar-refractivity contribution in [3.8, 4) is 0 Å². The second-order valence-corrected chi connectivity index (χ2v) is 6.51. The monoisotopic (exact) mass is 251 g/mol. The summed E-state index contributed by atoms with van der Waals surface area (Å²) in [5.41, 5.74) is 6.21. The van der Waals surface area contributed by atoms with E-state index >= 15 is 0 Å². The van der Waals surface area contributed by atoms with Crippen molar-refractivity contribution in [1.82, 2.24) is 9.80 Å². The molecule has 2 saturated heterocycles. The fraction of sp³-hybridized carbons (Fsp3) is 0.929. The maximum absolute atomic E-state index is 12.5. The van der Waals surface area contributed by atoms with Gasteiger partial charge in [0.1, 0.15) is 0 Å². The summed E-state index contributed by atoms with van der Waals surface area (Å²) in [4.78, 5) is 16.9.